The summed E-state index contributed by atoms with van der Waals surface area (Å²) in [6.45, 7) is 6.41. The molecule has 1 saturated heterocycles. The van der Waals surface area contributed by atoms with Gasteiger partial charge in [-0.1, -0.05) is 0 Å². The fourth-order valence-corrected chi connectivity index (χ4v) is 2.66. The van der Waals surface area contributed by atoms with Crippen LogP contribution in [0.1, 0.15) is 33.6 Å². The molecular formula is C17H24N2O6. The molecule has 0 bridgehead atoms. The molecule has 1 aromatic rings. The molecule has 0 aromatic heterocycles. The Kier molecular flexibility index (Phi) is 5.71. The summed E-state index contributed by atoms with van der Waals surface area (Å²) in [7, 11) is 1.37. The van der Waals surface area contributed by atoms with Crippen LogP contribution < -0.4 is 9.47 Å². The summed E-state index contributed by atoms with van der Waals surface area (Å²) in [5.41, 5.74) is -0.664. The summed E-state index contributed by atoms with van der Waals surface area (Å²) >= 11 is 0. The summed E-state index contributed by atoms with van der Waals surface area (Å²) in [4.78, 5) is 24.3. The highest BCUT2D eigenvalue weighted by Gasteiger charge is 2.32. The van der Waals surface area contributed by atoms with Gasteiger partial charge in [-0.25, -0.2) is 4.79 Å². The van der Waals surface area contributed by atoms with E-state index in [-0.39, 0.29) is 23.6 Å². The molecule has 138 valence electrons. The van der Waals surface area contributed by atoms with Crippen LogP contribution in [0.2, 0.25) is 0 Å². The minimum Gasteiger partial charge on any atom is -0.491 e. The number of carbonyl (C=O) groups excluding carboxylic acids is 1. The standard InChI is InChI=1S/C17H24N2O6/c1-17(2,3)25-16(20)18-9-5-6-12(18)11-24-13-7-8-14(19(21)22)15(10-13)23-4/h7-8,10,12H,5-6,9,11H2,1-4H3/t12-/m1/s1. The Balaban J connectivity index is 2.00. The van der Waals surface area contributed by atoms with Gasteiger partial charge < -0.3 is 19.1 Å². The summed E-state index contributed by atoms with van der Waals surface area (Å²) in [6, 6.07) is 4.25. The second-order valence-corrected chi connectivity index (χ2v) is 6.87. The van der Waals surface area contributed by atoms with Crippen molar-refractivity contribution in [1.29, 1.82) is 0 Å². The molecule has 0 spiro atoms. The lowest BCUT2D eigenvalue weighted by atomic mass is 10.2. The van der Waals surface area contributed by atoms with Crippen molar-refractivity contribution in [3.63, 3.8) is 0 Å². The van der Waals surface area contributed by atoms with Crippen molar-refractivity contribution < 1.29 is 23.9 Å². The van der Waals surface area contributed by atoms with Crippen molar-refractivity contribution in [2.75, 3.05) is 20.3 Å². The third kappa shape index (κ3) is 4.98. The average Bonchev–Trinajstić information content (AvgIpc) is 2.99. The number of nitro groups is 1. The molecule has 1 heterocycles. The van der Waals surface area contributed by atoms with Gasteiger partial charge in [0.15, 0.2) is 0 Å². The van der Waals surface area contributed by atoms with Crippen molar-refractivity contribution in [2.24, 2.45) is 0 Å². The van der Waals surface area contributed by atoms with Crippen molar-refractivity contribution in [3.05, 3.63) is 28.3 Å². The number of ether oxygens (including phenoxy) is 3. The number of benzene rings is 1. The molecule has 1 aliphatic rings. The Bertz CT molecular complexity index is 641. The number of hydrogen-bond acceptors (Lipinski definition) is 6. The highest BCUT2D eigenvalue weighted by Crippen LogP contribution is 2.31. The molecule has 1 atom stereocenters. The van der Waals surface area contributed by atoms with Crippen molar-refractivity contribution in [3.8, 4) is 11.5 Å². The van der Waals surface area contributed by atoms with Crippen molar-refractivity contribution >= 4 is 11.8 Å². The van der Waals surface area contributed by atoms with E-state index in [0.29, 0.717) is 18.9 Å². The molecule has 1 amide bonds. The summed E-state index contributed by atoms with van der Waals surface area (Å²) < 4.78 is 16.2. The van der Waals surface area contributed by atoms with E-state index in [1.807, 2.05) is 20.8 Å². The minimum absolute atomic E-state index is 0.0870. The lowest BCUT2D eigenvalue weighted by Gasteiger charge is -2.28. The first kappa shape index (κ1) is 18.8. The van der Waals surface area contributed by atoms with Crippen molar-refractivity contribution in [2.45, 2.75) is 45.3 Å². The molecule has 25 heavy (non-hydrogen) atoms. The van der Waals surface area contributed by atoms with Gasteiger partial charge in [-0.3, -0.25) is 10.1 Å². The summed E-state index contributed by atoms with van der Waals surface area (Å²) in [6.07, 6.45) is 1.36. The number of likely N-dealkylation sites (tertiary alicyclic amines) is 1. The fraction of sp³-hybridized carbons (Fsp3) is 0.588. The van der Waals surface area contributed by atoms with Crippen LogP contribution >= 0.6 is 0 Å². The second kappa shape index (κ2) is 7.58. The molecule has 0 saturated carbocycles. The van der Waals surface area contributed by atoms with Gasteiger partial charge in [-0.05, 0) is 39.7 Å². The largest absolute Gasteiger partial charge is 0.491 e. The Morgan fingerprint density at radius 1 is 1.40 bits per heavy atom. The first-order chi connectivity index (χ1) is 11.7. The molecule has 2 rings (SSSR count). The number of hydrogen-bond donors (Lipinski definition) is 0. The molecule has 1 aromatic carbocycles. The van der Waals surface area contributed by atoms with Gasteiger partial charge in [0.25, 0.3) is 0 Å². The van der Waals surface area contributed by atoms with E-state index in [2.05, 4.69) is 0 Å². The van der Waals surface area contributed by atoms with E-state index < -0.39 is 10.5 Å². The first-order valence-corrected chi connectivity index (χ1v) is 8.16. The van der Waals surface area contributed by atoms with Crippen LogP contribution in [0.3, 0.4) is 0 Å². The van der Waals surface area contributed by atoms with Gasteiger partial charge in [0.1, 0.15) is 18.0 Å². The Labute approximate surface area is 146 Å². The zero-order valence-corrected chi connectivity index (χ0v) is 15.0. The van der Waals surface area contributed by atoms with Crippen LogP contribution in [-0.2, 0) is 4.74 Å². The number of nitro benzene ring substituents is 1. The summed E-state index contributed by atoms with van der Waals surface area (Å²) in [5.74, 6) is 0.594. The smallest absolute Gasteiger partial charge is 0.410 e. The average molecular weight is 352 g/mol. The van der Waals surface area contributed by atoms with Crippen molar-refractivity contribution in [1.82, 2.24) is 4.90 Å². The number of carbonyl (C=O) groups is 1. The predicted molar refractivity (Wildman–Crippen MR) is 91.1 cm³/mol. The van der Waals surface area contributed by atoms with Gasteiger partial charge in [0, 0.05) is 18.7 Å². The number of nitrogens with zero attached hydrogens (tertiary/aromatic N) is 2. The monoisotopic (exact) mass is 352 g/mol. The van der Waals surface area contributed by atoms with Crippen LogP contribution in [0.5, 0.6) is 11.5 Å². The quantitative estimate of drug-likeness (QED) is 0.596. The molecule has 0 aliphatic carbocycles. The maximum Gasteiger partial charge on any atom is 0.410 e. The number of rotatable bonds is 5. The SMILES string of the molecule is COc1cc(OC[C@H]2CCCN2C(=O)OC(C)(C)C)ccc1[N+](=O)[O-]. The molecule has 1 fully saturated rings. The molecule has 8 nitrogen and oxygen atoms in total. The second-order valence-electron chi connectivity index (χ2n) is 6.87. The molecule has 0 N–H and O–H groups in total. The van der Waals surface area contributed by atoms with E-state index in [9.17, 15) is 14.9 Å². The highest BCUT2D eigenvalue weighted by atomic mass is 16.6. The molecule has 1 aliphatic heterocycles. The van der Waals surface area contributed by atoms with Crippen LogP contribution in [0.4, 0.5) is 10.5 Å². The lowest BCUT2D eigenvalue weighted by molar-refractivity contribution is -0.385. The molecule has 0 unspecified atom stereocenters. The van der Waals surface area contributed by atoms with Crippen LogP contribution in [0.25, 0.3) is 0 Å². The van der Waals surface area contributed by atoms with Gasteiger partial charge in [0.05, 0.1) is 18.1 Å². The van der Waals surface area contributed by atoms with Gasteiger partial charge >= 0.3 is 11.8 Å². The van der Waals surface area contributed by atoms with E-state index in [1.165, 1.54) is 25.3 Å². The maximum absolute atomic E-state index is 12.3. The summed E-state index contributed by atoms with van der Waals surface area (Å²) in [5, 5.41) is 10.9. The predicted octanol–water partition coefficient (Wildman–Crippen LogP) is 3.38. The minimum atomic E-state index is -0.545. The van der Waals surface area contributed by atoms with E-state index in [0.717, 1.165) is 12.8 Å². The van der Waals surface area contributed by atoms with E-state index in [1.54, 1.807) is 4.90 Å². The fourth-order valence-electron chi connectivity index (χ4n) is 2.66. The third-order valence-corrected chi connectivity index (χ3v) is 3.80. The van der Waals surface area contributed by atoms with Gasteiger partial charge in [0.2, 0.25) is 5.75 Å². The zero-order valence-electron chi connectivity index (χ0n) is 15.0. The third-order valence-electron chi connectivity index (χ3n) is 3.80. The van der Waals surface area contributed by atoms with E-state index >= 15 is 0 Å². The molecule has 8 heteroatoms. The number of methoxy groups -OCH3 is 1. The van der Waals surface area contributed by atoms with Gasteiger partial charge in [-0.2, -0.15) is 0 Å². The first-order valence-electron chi connectivity index (χ1n) is 8.16. The zero-order chi connectivity index (χ0) is 18.6. The van der Waals surface area contributed by atoms with Gasteiger partial charge in [-0.15, -0.1) is 0 Å². The highest BCUT2D eigenvalue weighted by molar-refractivity contribution is 5.69. The van der Waals surface area contributed by atoms with Crippen LogP contribution in [0.15, 0.2) is 18.2 Å². The number of amides is 1. The molecular weight excluding hydrogens is 328 g/mol. The molecule has 0 radical (unpaired) electrons. The maximum atomic E-state index is 12.3. The lowest BCUT2D eigenvalue weighted by Crippen LogP contribution is -2.42. The van der Waals surface area contributed by atoms with Crippen LogP contribution in [-0.4, -0.2) is 47.8 Å². The van der Waals surface area contributed by atoms with Crippen LogP contribution in [0, 0.1) is 10.1 Å². The normalized spacial score (nSPS) is 17.3. The Morgan fingerprint density at radius 2 is 2.12 bits per heavy atom. The Morgan fingerprint density at radius 3 is 2.72 bits per heavy atom. The van der Waals surface area contributed by atoms with E-state index in [4.69, 9.17) is 14.2 Å². The Hall–Kier alpha value is -2.51. The topological polar surface area (TPSA) is 91.1 Å².